The second kappa shape index (κ2) is 5.36. The summed E-state index contributed by atoms with van der Waals surface area (Å²) in [5.41, 5.74) is 0.0167. The summed E-state index contributed by atoms with van der Waals surface area (Å²) in [5.74, 6) is 1.82. The molecule has 72 valence electrons. The van der Waals surface area contributed by atoms with Crippen LogP contribution in [0, 0.1) is 0 Å². The van der Waals surface area contributed by atoms with Gasteiger partial charge in [-0.25, -0.2) is 0 Å². The summed E-state index contributed by atoms with van der Waals surface area (Å²) < 4.78 is 5.77. The first kappa shape index (κ1) is 10.7. The highest BCUT2D eigenvalue weighted by Crippen LogP contribution is 2.30. The van der Waals surface area contributed by atoms with Gasteiger partial charge in [-0.2, -0.15) is 11.8 Å². The first-order valence-corrected chi connectivity index (χ1v) is 6.45. The van der Waals surface area contributed by atoms with Crippen LogP contribution in [0.3, 0.4) is 0 Å². The molecule has 1 saturated heterocycles. The molecule has 0 saturated carbocycles. The van der Waals surface area contributed by atoms with Crippen molar-refractivity contribution in [2.75, 3.05) is 24.5 Å². The molecule has 0 aromatic carbocycles. The highest BCUT2D eigenvalue weighted by atomic mass is 35.5. The maximum atomic E-state index is 5.94. The van der Waals surface area contributed by atoms with Gasteiger partial charge in [0, 0.05) is 6.61 Å². The van der Waals surface area contributed by atoms with Gasteiger partial charge in [-0.05, 0) is 37.7 Å². The zero-order valence-electron chi connectivity index (χ0n) is 7.64. The average molecular weight is 209 g/mol. The molecule has 1 fully saturated rings. The first-order valence-electron chi connectivity index (χ1n) is 4.52. The van der Waals surface area contributed by atoms with Gasteiger partial charge in [0.1, 0.15) is 0 Å². The highest BCUT2D eigenvalue weighted by Gasteiger charge is 2.31. The van der Waals surface area contributed by atoms with E-state index in [9.17, 15) is 0 Å². The molecule has 0 bridgehead atoms. The Kier molecular flexibility index (Phi) is 4.77. The third kappa shape index (κ3) is 2.82. The minimum absolute atomic E-state index is 0.0167. The van der Waals surface area contributed by atoms with Crippen LogP contribution in [0.15, 0.2) is 0 Å². The molecular weight excluding hydrogens is 192 g/mol. The maximum absolute atomic E-state index is 5.94. The van der Waals surface area contributed by atoms with Crippen LogP contribution in [0.25, 0.3) is 0 Å². The van der Waals surface area contributed by atoms with E-state index < -0.39 is 0 Å². The standard InChI is InChI=1S/C9H17ClOS/c1-12-7-5-9(8-10)4-2-3-6-11-9/h2-8H2,1H3. The summed E-state index contributed by atoms with van der Waals surface area (Å²) in [5, 5.41) is 0. The minimum Gasteiger partial charge on any atom is -0.374 e. The summed E-state index contributed by atoms with van der Waals surface area (Å²) in [6.07, 6.45) is 6.87. The molecule has 0 aliphatic carbocycles. The molecule has 0 spiro atoms. The van der Waals surface area contributed by atoms with Crippen molar-refractivity contribution in [2.45, 2.75) is 31.3 Å². The van der Waals surface area contributed by atoms with E-state index in [2.05, 4.69) is 6.26 Å². The van der Waals surface area contributed by atoms with E-state index >= 15 is 0 Å². The fourth-order valence-electron chi connectivity index (χ4n) is 1.57. The summed E-state index contributed by atoms with van der Waals surface area (Å²) in [6, 6.07) is 0. The molecule has 1 aliphatic heterocycles. The van der Waals surface area contributed by atoms with Crippen LogP contribution < -0.4 is 0 Å². The molecule has 0 radical (unpaired) electrons. The van der Waals surface area contributed by atoms with Gasteiger partial charge in [0.25, 0.3) is 0 Å². The Labute approximate surface area is 84.2 Å². The molecule has 0 aromatic heterocycles. The zero-order chi connectivity index (χ0) is 8.86. The van der Waals surface area contributed by atoms with Gasteiger partial charge in [0.2, 0.25) is 0 Å². The Morgan fingerprint density at radius 1 is 1.50 bits per heavy atom. The molecule has 3 heteroatoms. The van der Waals surface area contributed by atoms with Gasteiger partial charge >= 0.3 is 0 Å². The van der Waals surface area contributed by atoms with Crippen LogP contribution in [-0.4, -0.2) is 30.1 Å². The van der Waals surface area contributed by atoms with Crippen molar-refractivity contribution < 1.29 is 4.74 Å². The summed E-state index contributed by atoms with van der Waals surface area (Å²) in [6.45, 7) is 0.904. The van der Waals surface area contributed by atoms with Crippen LogP contribution >= 0.6 is 23.4 Å². The molecule has 1 aliphatic rings. The van der Waals surface area contributed by atoms with Crippen molar-refractivity contribution in [3.05, 3.63) is 0 Å². The molecule has 12 heavy (non-hydrogen) atoms. The van der Waals surface area contributed by atoms with Gasteiger partial charge in [-0.1, -0.05) is 0 Å². The van der Waals surface area contributed by atoms with Crippen molar-refractivity contribution in [2.24, 2.45) is 0 Å². The lowest BCUT2D eigenvalue weighted by molar-refractivity contribution is -0.0635. The van der Waals surface area contributed by atoms with Crippen LogP contribution in [-0.2, 0) is 4.74 Å². The van der Waals surface area contributed by atoms with Gasteiger partial charge in [-0.3, -0.25) is 0 Å². The topological polar surface area (TPSA) is 9.23 Å². The van der Waals surface area contributed by atoms with Crippen molar-refractivity contribution >= 4 is 23.4 Å². The third-order valence-corrected chi connectivity index (χ3v) is 3.54. The van der Waals surface area contributed by atoms with Gasteiger partial charge in [-0.15, -0.1) is 11.6 Å². The molecule has 1 atom stereocenters. The Balaban J connectivity index is 2.37. The van der Waals surface area contributed by atoms with E-state index in [-0.39, 0.29) is 5.60 Å². The second-order valence-electron chi connectivity index (χ2n) is 3.37. The molecule has 0 amide bonds. The van der Waals surface area contributed by atoms with E-state index in [0.29, 0.717) is 5.88 Å². The number of halogens is 1. The first-order chi connectivity index (χ1) is 5.83. The number of thioether (sulfide) groups is 1. The van der Waals surface area contributed by atoms with Crippen molar-refractivity contribution in [1.82, 2.24) is 0 Å². The van der Waals surface area contributed by atoms with Crippen LogP contribution in [0.2, 0.25) is 0 Å². The van der Waals surface area contributed by atoms with Crippen molar-refractivity contribution in [1.29, 1.82) is 0 Å². The number of alkyl halides is 1. The molecule has 1 nitrogen and oxygen atoms in total. The number of rotatable bonds is 4. The van der Waals surface area contributed by atoms with Crippen molar-refractivity contribution in [3.63, 3.8) is 0 Å². The largest absolute Gasteiger partial charge is 0.374 e. The molecule has 1 heterocycles. The van der Waals surface area contributed by atoms with E-state index in [1.165, 1.54) is 12.8 Å². The number of ether oxygens (including phenoxy) is 1. The monoisotopic (exact) mass is 208 g/mol. The smallest absolute Gasteiger partial charge is 0.0825 e. The summed E-state index contributed by atoms with van der Waals surface area (Å²) in [7, 11) is 0. The van der Waals surface area contributed by atoms with E-state index in [0.717, 1.165) is 25.2 Å². The normalized spacial score (nSPS) is 30.5. The fraction of sp³-hybridized carbons (Fsp3) is 1.00. The average Bonchev–Trinajstić information content (AvgIpc) is 2.16. The molecule has 1 rings (SSSR count). The van der Waals surface area contributed by atoms with Crippen LogP contribution in [0.1, 0.15) is 25.7 Å². The molecule has 0 N–H and O–H groups in total. The highest BCUT2D eigenvalue weighted by molar-refractivity contribution is 7.98. The van der Waals surface area contributed by atoms with E-state index in [4.69, 9.17) is 16.3 Å². The fourth-order valence-corrected chi connectivity index (χ4v) is 2.49. The van der Waals surface area contributed by atoms with E-state index in [1.54, 1.807) is 0 Å². The van der Waals surface area contributed by atoms with Crippen molar-refractivity contribution in [3.8, 4) is 0 Å². The quantitative estimate of drug-likeness (QED) is 0.658. The summed E-state index contributed by atoms with van der Waals surface area (Å²) in [4.78, 5) is 0. The Hall–Kier alpha value is 0.600. The second-order valence-corrected chi connectivity index (χ2v) is 4.62. The predicted molar refractivity (Wildman–Crippen MR) is 56.3 cm³/mol. The molecule has 0 aromatic rings. The third-order valence-electron chi connectivity index (χ3n) is 2.44. The van der Waals surface area contributed by atoms with Gasteiger partial charge < -0.3 is 4.74 Å². The maximum Gasteiger partial charge on any atom is 0.0825 e. The van der Waals surface area contributed by atoms with Gasteiger partial charge in [0.05, 0.1) is 11.5 Å². The number of hydrogen-bond acceptors (Lipinski definition) is 2. The van der Waals surface area contributed by atoms with Crippen LogP contribution in [0.5, 0.6) is 0 Å². The number of hydrogen-bond donors (Lipinski definition) is 0. The summed E-state index contributed by atoms with van der Waals surface area (Å²) >= 11 is 7.81. The Morgan fingerprint density at radius 2 is 2.33 bits per heavy atom. The van der Waals surface area contributed by atoms with Crippen LogP contribution in [0.4, 0.5) is 0 Å². The molecular formula is C9H17ClOS. The lowest BCUT2D eigenvalue weighted by Gasteiger charge is -2.35. The Bertz CT molecular complexity index is 124. The Morgan fingerprint density at radius 3 is 2.83 bits per heavy atom. The SMILES string of the molecule is CSCCC1(CCl)CCCCO1. The van der Waals surface area contributed by atoms with E-state index in [1.807, 2.05) is 11.8 Å². The lowest BCUT2D eigenvalue weighted by atomic mass is 9.93. The minimum atomic E-state index is 0.0167. The molecule has 1 unspecified atom stereocenters. The zero-order valence-corrected chi connectivity index (χ0v) is 9.22. The lowest BCUT2D eigenvalue weighted by Crippen LogP contribution is -2.38. The van der Waals surface area contributed by atoms with Gasteiger partial charge in [0.15, 0.2) is 0 Å². The predicted octanol–water partition coefficient (Wildman–Crippen LogP) is 2.92.